The van der Waals surface area contributed by atoms with Crippen molar-refractivity contribution >= 4 is 23.7 Å². The van der Waals surface area contributed by atoms with E-state index in [1.807, 2.05) is 0 Å². The van der Waals surface area contributed by atoms with Crippen LogP contribution in [0.4, 0.5) is 0 Å². The summed E-state index contributed by atoms with van der Waals surface area (Å²) in [7, 11) is 0. The SMILES string of the molecule is CCCCCCCCCCCCC=CC(CCC(=O)O)SCCCC(=O)O. The van der Waals surface area contributed by atoms with Gasteiger partial charge in [-0.3, -0.25) is 9.59 Å². The number of carboxylic acid groups (broad SMARTS) is 2. The molecule has 0 aliphatic rings. The zero-order valence-corrected chi connectivity index (χ0v) is 18.0. The highest BCUT2D eigenvalue weighted by Gasteiger charge is 2.08. The number of hydrogen-bond acceptors (Lipinski definition) is 3. The van der Waals surface area contributed by atoms with Crippen molar-refractivity contribution in [1.82, 2.24) is 0 Å². The molecule has 0 fully saturated rings. The summed E-state index contributed by atoms with van der Waals surface area (Å²) in [6.07, 6.45) is 20.3. The van der Waals surface area contributed by atoms with Gasteiger partial charge in [-0.05, 0) is 31.4 Å². The van der Waals surface area contributed by atoms with E-state index < -0.39 is 11.9 Å². The predicted octanol–water partition coefficient (Wildman–Crippen LogP) is 6.69. The van der Waals surface area contributed by atoms with E-state index in [0.717, 1.165) is 12.2 Å². The zero-order valence-electron chi connectivity index (χ0n) is 17.2. The van der Waals surface area contributed by atoms with Crippen molar-refractivity contribution in [3.63, 3.8) is 0 Å². The lowest BCUT2D eigenvalue weighted by Crippen LogP contribution is -2.05. The number of hydrogen-bond donors (Lipinski definition) is 2. The van der Waals surface area contributed by atoms with Gasteiger partial charge in [-0.25, -0.2) is 0 Å². The minimum atomic E-state index is -0.769. The first-order valence-corrected chi connectivity index (χ1v) is 11.8. The molecular weight excluding hydrogens is 360 g/mol. The van der Waals surface area contributed by atoms with Crippen molar-refractivity contribution in [3.05, 3.63) is 12.2 Å². The van der Waals surface area contributed by atoms with Gasteiger partial charge in [0.25, 0.3) is 0 Å². The summed E-state index contributed by atoms with van der Waals surface area (Å²) in [6, 6.07) is 0. The number of rotatable bonds is 20. The van der Waals surface area contributed by atoms with E-state index in [9.17, 15) is 9.59 Å². The maximum atomic E-state index is 10.8. The molecule has 0 aliphatic heterocycles. The van der Waals surface area contributed by atoms with Crippen LogP contribution in [0.3, 0.4) is 0 Å². The van der Waals surface area contributed by atoms with Crippen molar-refractivity contribution in [1.29, 1.82) is 0 Å². The zero-order chi connectivity index (χ0) is 20.2. The normalized spacial score (nSPS) is 12.5. The molecule has 0 aromatic rings. The van der Waals surface area contributed by atoms with Gasteiger partial charge < -0.3 is 10.2 Å². The summed E-state index contributed by atoms with van der Waals surface area (Å²) in [4.78, 5) is 21.3. The van der Waals surface area contributed by atoms with Crippen molar-refractivity contribution in [3.8, 4) is 0 Å². The summed E-state index contributed by atoms with van der Waals surface area (Å²) in [5.41, 5.74) is 0. The van der Waals surface area contributed by atoms with Gasteiger partial charge in [0.05, 0.1) is 0 Å². The average molecular weight is 401 g/mol. The molecule has 5 heteroatoms. The van der Waals surface area contributed by atoms with Crippen LogP contribution in [0.15, 0.2) is 12.2 Å². The minimum absolute atomic E-state index is 0.166. The van der Waals surface area contributed by atoms with Crippen LogP contribution < -0.4 is 0 Å². The van der Waals surface area contributed by atoms with Gasteiger partial charge in [0.1, 0.15) is 0 Å². The Morgan fingerprint density at radius 3 is 1.93 bits per heavy atom. The van der Waals surface area contributed by atoms with E-state index in [1.165, 1.54) is 64.2 Å². The summed E-state index contributed by atoms with van der Waals surface area (Å²) in [6.45, 7) is 2.25. The molecule has 0 aliphatic carbocycles. The Balaban J connectivity index is 3.75. The molecule has 0 bridgehead atoms. The third-order valence-electron chi connectivity index (χ3n) is 4.58. The molecule has 4 nitrogen and oxygen atoms in total. The van der Waals surface area contributed by atoms with E-state index in [0.29, 0.717) is 12.8 Å². The molecule has 1 unspecified atom stereocenters. The number of aliphatic carboxylic acids is 2. The predicted molar refractivity (Wildman–Crippen MR) is 116 cm³/mol. The highest BCUT2D eigenvalue weighted by atomic mass is 32.2. The van der Waals surface area contributed by atoms with Crippen LogP contribution in [-0.4, -0.2) is 33.2 Å². The summed E-state index contributed by atoms with van der Waals surface area (Å²) in [5, 5.41) is 17.7. The molecule has 27 heavy (non-hydrogen) atoms. The smallest absolute Gasteiger partial charge is 0.303 e. The Kier molecular flexibility index (Phi) is 19.1. The summed E-state index contributed by atoms with van der Waals surface area (Å²) < 4.78 is 0. The van der Waals surface area contributed by atoms with Crippen molar-refractivity contribution in [2.45, 2.75) is 108 Å². The number of carbonyl (C=O) groups is 2. The molecule has 0 amide bonds. The average Bonchev–Trinajstić information content (AvgIpc) is 2.63. The topological polar surface area (TPSA) is 74.6 Å². The number of allylic oxidation sites excluding steroid dienone is 1. The minimum Gasteiger partial charge on any atom is -0.481 e. The fourth-order valence-electron chi connectivity index (χ4n) is 2.96. The first-order chi connectivity index (χ1) is 13.1. The quantitative estimate of drug-likeness (QED) is 0.176. The number of thioether (sulfide) groups is 1. The first kappa shape index (κ1) is 26.0. The molecule has 2 N–H and O–H groups in total. The molecule has 158 valence electrons. The van der Waals surface area contributed by atoms with Gasteiger partial charge in [0.15, 0.2) is 0 Å². The molecule has 0 radical (unpaired) electrons. The maximum absolute atomic E-state index is 10.8. The Labute approximate surface area is 170 Å². The van der Waals surface area contributed by atoms with E-state index in [2.05, 4.69) is 19.1 Å². The molecule has 0 rings (SSSR count). The van der Waals surface area contributed by atoms with Gasteiger partial charge in [-0.2, -0.15) is 11.8 Å². The van der Waals surface area contributed by atoms with Crippen LogP contribution in [0.5, 0.6) is 0 Å². The Hall–Kier alpha value is -0.970. The molecule has 0 heterocycles. The lowest BCUT2D eigenvalue weighted by molar-refractivity contribution is -0.138. The number of unbranched alkanes of at least 4 members (excludes halogenated alkanes) is 10. The molecule has 0 saturated carbocycles. The van der Waals surface area contributed by atoms with Crippen molar-refractivity contribution in [2.75, 3.05) is 5.75 Å². The fraction of sp³-hybridized carbons (Fsp3) is 0.818. The molecule has 0 spiro atoms. The van der Waals surface area contributed by atoms with Gasteiger partial charge in [0, 0.05) is 18.1 Å². The lowest BCUT2D eigenvalue weighted by Gasteiger charge is -2.11. The molecule has 0 saturated heterocycles. The molecular formula is C22H40O4S. The molecule has 0 aromatic heterocycles. The van der Waals surface area contributed by atoms with Gasteiger partial charge >= 0.3 is 11.9 Å². The van der Waals surface area contributed by atoms with E-state index in [-0.39, 0.29) is 18.1 Å². The molecule has 1 atom stereocenters. The monoisotopic (exact) mass is 400 g/mol. The lowest BCUT2D eigenvalue weighted by atomic mass is 10.1. The Morgan fingerprint density at radius 2 is 1.37 bits per heavy atom. The van der Waals surface area contributed by atoms with Crippen LogP contribution in [0.25, 0.3) is 0 Å². The van der Waals surface area contributed by atoms with Crippen LogP contribution in [0.2, 0.25) is 0 Å². The third-order valence-corrected chi connectivity index (χ3v) is 5.93. The number of carboxylic acids is 2. The standard InChI is InChI=1S/C22H40O4S/c1-2-3-4-5-6-7-8-9-10-11-12-13-15-20(17-18-22(25)26)27-19-14-16-21(23)24/h13,15,20H,2-12,14,16-19H2,1H3,(H,23,24)(H,25,26). The van der Waals surface area contributed by atoms with Gasteiger partial charge in [-0.15, -0.1) is 0 Å². The second-order valence-electron chi connectivity index (χ2n) is 7.24. The highest BCUT2D eigenvalue weighted by molar-refractivity contribution is 8.00. The largest absolute Gasteiger partial charge is 0.481 e. The van der Waals surface area contributed by atoms with Crippen LogP contribution in [-0.2, 0) is 9.59 Å². The summed E-state index contributed by atoms with van der Waals surface area (Å²) >= 11 is 1.67. The highest BCUT2D eigenvalue weighted by Crippen LogP contribution is 2.20. The van der Waals surface area contributed by atoms with Crippen molar-refractivity contribution in [2.24, 2.45) is 0 Å². The second-order valence-corrected chi connectivity index (χ2v) is 8.58. The first-order valence-electron chi connectivity index (χ1n) is 10.8. The van der Waals surface area contributed by atoms with Crippen molar-refractivity contribution < 1.29 is 19.8 Å². The Bertz CT molecular complexity index is 396. The second kappa shape index (κ2) is 19.8. The third kappa shape index (κ3) is 21.2. The van der Waals surface area contributed by atoms with Crippen LogP contribution >= 0.6 is 11.8 Å². The van der Waals surface area contributed by atoms with E-state index >= 15 is 0 Å². The molecule has 0 aromatic carbocycles. The van der Waals surface area contributed by atoms with Gasteiger partial charge in [-0.1, -0.05) is 76.9 Å². The van der Waals surface area contributed by atoms with E-state index in [4.69, 9.17) is 10.2 Å². The van der Waals surface area contributed by atoms with Crippen LogP contribution in [0, 0.1) is 0 Å². The summed E-state index contributed by atoms with van der Waals surface area (Å²) in [5.74, 6) is -0.775. The van der Waals surface area contributed by atoms with Crippen LogP contribution in [0.1, 0.15) is 103 Å². The van der Waals surface area contributed by atoms with E-state index in [1.54, 1.807) is 11.8 Å². The Morgan fingerprint density at radius 1 is 0.815 bits per heavy atom. The maximum Gasteiger partial charge on any atom is 0.303 e. The van der Waals surface area contributed by atoms with Gasteiger partial charge in [0.2, 0.25) is 0 Å². The fourth-order valence-corrected chi connectivity index (χ4v) is 4.08.